The van der Waals surface area contributed by atoms with E-state index in [0.717, 1.165) is 17.8 Å². The maximum Gasteiger partial charge on any atom is 0.159 e. The van der Waals surface area contributed by atoms with E-state index in [1.807, 2.05) is 6.07 Å². The Morgan fingerprint density at radius 2 is 2.00 bits per heavy atom. The minimum Gasteiger partial charge on any atom is -0.330 e. The van der Waals surface area contributed by atoms with Crippen LogP contribution >= 0.6 is 0 Å². The SMILES string of the molecule is Cn1nc(-c2ccc(F)c(F)c2)cc1CCN. The highest BCUT2D eigenvalue weighted by Crippen LogP contribution is 2.21. The van der Waals surface area contributed by atoms with Gasteiger partial charge in [0, 0.05) is 24.7 Å². The first kappa shape index (κ1) is 11.7. The zero-order valence-corrected chi connectivity index (χ0v) is 9.45. The lowest BCUT2D eigenvalue weighted by Gasteiger charge is -1.97. The molecular weight excluding hydrogens is 224 g/mol. The van der Waals surface area contributed by atoms with E-state index in [2.05, 4.69) is 5.10 Å². The number of nitrogens with two attached hydrogens (primary N) is 1. The minimum absolute atomic E-state index is 0.525. The summed E-state index contributed by atoms with van der Waals surface area (Å²) in [6.07, 6.45) is 0.702. The molecule has 0 atom stereocenters. The number of halogens is 2. The maximum atomic E-state index is 13.1. The van der Waals surface area contributed by atoms with Gasteiger partial charge in [-0.15, -0.1) is 0 Å². The first-order valence-corrected chi connectivity index (χ1v) is 5.30. The molecule has 0 amide bonds. The Bertz CT molecular complexity index is 535. The summed E-state index contributed by atoms with van der Waals surface area (Å²) in [5, 5.41) is 4.24. The monoisotopic (exact) mass is 237 g/mol. The molecule has 3 nitrogen and oxygen atoms in total. The predicted octanol–water partition coefficient (Wildman–Crippen LogP) is 1.87. The molecule has 0 saturated carbocycles. The van der Waals surface area contributed by atoms with Gasteiger partial charge in [-0.05, 0) is 30.8 Å². The van der Waals surface area contributed by atoms with E-state index in [4.69, 9.17) is 5.73 Å². The lowest BCUT2D eigenvalue weighted by Crippen LogP contribution is -2.06. The van der Waals surface area contributed by atoms with Gasteiger partial charge < -0.3 is 5.73 Å². The maximum absolute atomic E-state index is 13.1. The Balaban J connectivity index is 2.39. The molecule has 0 aliphatic heterocycles. The summed E-state index contributed by atoms with van der Waals surface area (Å²) in [4.78, 5) is 0. The van der Waals surface area contributed by atoms with Gasteiger partial charge in [0.25, 0.3) is 0 Å². The van der Waals surface area contributed by atoms with Crippen LogP contribution in [-0.2, 0) is 13.5 Å². The van der Waals surface area contributed by atoms with Crippen molar-refractivity contribution in [3.63, 3.8) is 0 Å². The molecule has 2 rings (SSSR count). The molecule has 0 unspecified atom stereocenters. The van der Waals surface area contributed by atoms with Gasteiger partial charge in [0.05, 0.1) is 5.69 Å². The van der Waals surface area contributed by atoms with E-state index >= 15 is 0 Å². The fraction of sp³-hybridized carbons (Fsp3) is 0.250. The Morgan fingerprint density at radius 1 is 1.24 bits per heavy atom. The second-order valence-electron chi connectivity index (χ2n) is 3.81. The summed E-state index contributed by atoms with van der Waals surface area (Å²) >= 11 is 0. The van der Waals surface area contributed by atoms with Crippen LogP contribution in [0.4, 0.5) is 8.78 Å². The van der Waals surface area contributed by atoms with Crippen LogP contribution in [0.1, 0.15) is 5.69 Å². The molecule has 0 radical (unpaired) electrons. The van der Waals surface area contributed by atoms with Crippen molar-refractivity contribution in [3.8, 4) is 11.3 Å². The van der Waals surface area contributed by atoms with Gasteiger partial charge in [-0.1, -0.05) is 0 Å². The van der Waals surface area contributed by atoms with Crippen LogP contribution < -0.4 is 5.73 Å². The summed E-state index contributed by atoms with van der Waals surface area (Å²) in [6, 6.07) is 5.58. The van der Waals surface area contributed by atoms with Crippen LogP contribution in [0, 0.1) is 11.6 Å². The molecule has 0 saturated heterocycles. The molecule has 1 aromatic heterocycles. The zero-order chi connectivity index (χ0) is 12.4. The topological polar surface area (TPSA) is 43.8 Å². The van der Waals surface area contributed by atoms with E-state index in [1.54, 1.807) is 11.7 Å². The Kier molecular flexibility index (Phi) is 3.19. The Hall–Kier alpha value is -1.75. The molecule has 0 aliphatic rings. The quantitative estimate of drug-likeness (QED) is 0.885. The van der Waals surface area contributed by atoms with Crippen molar-refractivity contribution in [1.29, 1.82) is 0 Å². The molecule has 1 heterocycles. The number of hydrogen-bond donors (Lipinski definition) is 1. The fourth-order valence-corrected chi connectivity index (χ4v) is 1.68. The summed E-state index contributed by atoms with van der Waals surface area (Å²) in [6.45, 7) is 0.525. The molecule has 5 heteroatoms. The van der Waals surface area contributed by atoms with Gasteiger partial charge >= 0.3 is 0 Å². The third kappa shape index (κ3) is 2.34. The third-order valence-electron chi connectivity index (χ3n) is 2.59. The van der Waals surface area contributed by atoms with E-state index in [9.17, 15) is 8.78 Å². The minimum atomic E-state index is -0.867. The average molecular weight is 237 g/mol. The molecule has 0 aliphatic carbocycles. The van der Waals surface area contributed by atoms with Crippen molar-refractivity contribution in [1.82, 2.24) is 9.78 Å². The second-order valence-corrected chi connectivity index (χ2v) is 3.81. The van der Waals surface area contributed by atoms with Crippen LogP contribution in [-0.4, -0.2) is 16.3 Å². The van der Waals surface area contributed by atoms with Crippen molar-refractivity contribution in [2.24, 2.45) is 12.8 Å². The highest BCUT2D eigenvalue weighted by atomic mass is 19.2. The first-order valence-electron chi connectivity index (χ1n) is 5.30. The molecular formula is C12H13F2N3. The average Bonchev–Trinajstić information content (AvgIpc) is 2.65. The van der Waals surface area contributed by atoms with Gasteiger partial charge in [0.2, 0.25) is 0 Å². The lowest BCUT2D eigenvalue weighted by atomic mass is 10.1. The number of hydrogen-bond acceptors (Lipinski definition) is 2. The van der Waals surface area contributed by atoms with Crippen molar-refractivity contribution < 1.29 is 8.78 Å². The number of benzene rings is 1. The molecule has 17 heavy (non-hydrogen) atoms. The van der Waals surface area contributed by atoms with Gasteiger partial charge in [-0.3, -0.25) is 4.68 Å². The van der Waals surface area contributed by atoms with E-state index < -0.39 is 11.6 Å². The summed E-state index contributed by atoms with van der Waals surface area (Å²) in [7, 11) is 1.80. The molecule has 2 aromatic rings. The largest absolute Gasteiger partial charge is 0.330 e. The second kappa shape index (κ2) is 4.63. The van der Waals surface area contributed by atoms with E-state index in [0.29, 0.717) is 24.2 Å². The summed E-state index contributed by atoms with van der Waals surface area (Å²) < 4.78 is 27.6. The summed E-state index contributed by atoms with van der Waals surface area (Å²) in [5.74, 6) is -1.72. The third-order valence-corrected chi connectivity index (χ3v) is 2.59. The van der Waals surface area contributed by atoms with Crippen molar-refractivity contribution >= 4 is 0 Å². The van der Waals surface area contributed by atoms with E-state index in [1.165, 1.54) is 6.07 Å². The Morgan fingerprint density at radius 3 is 2.65 bits per heavy atom. The highest BCUT2D eigenvalue weighted by molar-refractivity contribution is 5.59. The molecule has 0 bridgehead atoms. The molecule has 2 N–H and O–H groups in total. The van der Waals surface area contributed by atoms with Crippen LogP contribution in [0.15, 0.2) is 24.3 Å². The molecule has 0 fully saturated rings. The number of rotatable bonds is 3. The zero-order valence-electron chi connectivity index (χ0n) is 9.45. The smallest absolute Gasteiger partial charge is 0.159 e. The van der Waals surface area contributed by atoms with Crippen molar-refractivity contribution in [3.05, 3.63) is 41.6 Å². The van der Waals surface area contributed by atoms with Crippen LogP contribution in [0.2, 0.25) is 0 Å². The highest BCUT2D eigenvalue weighted by Gasteiger charge is 2.09. The predicted molar refractivity (Wildman–Crippen MR) is 61.3 cm³/mol. The summed E-state index contributed by atoms with van der Waals surface area (Å²) in [5.41, 5.74) is 7.61. The number of aryl methyl sites for hydroxylation is 1. The normalized spacial score (nSPS) is 10.8. The fourth-order valence-electron chi connectivity index (χ4n) is 1.68. The van der Waals surface area contributed by atoms with E-state index in [-0.39, 0.29) is 0 Å². The standard InChI is InChI=1S/C12H13F2N3/c1-17-9(4-5-15)7-12(16-17)8-2-3-10(13)11(14)6-8/h2-3,6-7H,4-5,15H2,1H3. The van der Waals surface area contributed by atoms with Gasteiger partial charge in [-0.2, -0.15) is 5.10 Å². The molecule has 90 valence electrons. The van der Waals surface area contributed by atoms with Crippen LogP contribution in [0.25, 0.3) is 11.3 Å². The Labute approximate surface area is 97.9 Å². The van der Waals surface area contributed by atoms with Crippen LogP contribution in [0.5, 0.6) is 0 Å². The van der Waals surface area contributed by atoms with Crippen LogP contribution in [0.3, 0.4) is 0 Å². The lowest BCUT2D eigenvalue weighted by molar-refractivity contribution is 0.509. The van der Waals surface area contributed by atoms with Crippen molar-refractivity contribution in [2.75, 3.05) is 6.54 Å². The van der Waals surface area contributed by atoms with Gasteiger partial charge in [-0.25, -0.2) is 8.78 Å². The number of nitrogens with zero attached hydrogens (tertiary/aromatic N) is 2. The first-order chi connectivity index (χ1) is 8.11. The molecule has 1 aromatic carbocycles. The molecule has 0 spiro atoms. The van der Waals surface area contributed by atoms with Crippen molar-refractivity contribution in [2.45, 2.75) is 6.42 Å². The van der Waals surface area contributed by atoms with Gasteiger partial charge in [0.1, 0.15) is 0 Å². The van der Waals surface area contributed by atoms with Gasteiger partial charge in [0.15, 0.2) is 11.6 Å². The number of aromatic nitrogens is 2.